The Bertz CT molecular complexity index is 1010. The maximum atomic E-state index is 9.63. The lowest BCUT2D eigenvalue weighted by Crippen LogP contribution is -2.10. The summed E-state index contributed by atoms with van der Waals surface area (Å²) in [5, 5.41) is 30.3. The van der Waals surface area contributed by atoms with Crippen molar-refractivity contribution in [2.45, 2.75) is 0 Å². The van der Waals surface area contributed by atoms with E-state index in [-0.39, 0.29) is 11.7 Å². The zero-order chi connectivity index (χ0) is 25.7. The van der Waals surface area contributed by atoms with E-state index < -0.39 is 45.0 Å². The highest BCUT2D eigenvalue weighted by Gasteiger charge is 2.02. The lowest BCUT2D eigenvalue weighted by molar-refractivity contribution is 0.314. The summed E-state index contributed by atoms with van der Waals surface area (Å²) >= 11 is 0. The van der Waals surface area contributed by atoms with Crippen LogP contribution in [0, 0.1) is 10.8 Å². The Morgan fingerprint density at radius 2 is 0.970 bits per heavy atom. The summed E-state index contributed by atoms with van der Waals surface area (Å²) in [4.78, 5) is 0. The van der Waals surface area contributed by atoms with Crippen molar-refractivity contribution in [2.75, 3.05) is 24.7 Å². The minimum Gasteiger partial charge on any atom is -0.457 e. The van der Waals surface area contributed by atoms with Gasteiger partial charge in [-0.15, -0.1) is 0 Å². The number of nitrogens with two attached hydrogens (primary N) is 2. The van der Waals surface area contributed by atoms with Crippen LogP contribution in [0.4, 0.5) is 0 Å². The van der Waals surface area contributed by atoms with E-state index >= 15 is 0 Å². The van der Waals surface area contributed by atoms with E-state index in [9.17, 15) is 16.8 Å². The fraction of sp³-hybridized carbons (Fsp3) is 0.222. The summed E-state index contributed by atoms with van der Waals surface area (Å²) in [6, 6.07) is 13.9. The van der Waals surface area contributed by atoms with Crippen molar-refractivity contribution in [1.29, 1.82) is 10.8 Å². The number of benzene rings is 2. The normalized spacial score (nSPS) is 10.7. The molecule has 33 heavy (non-hydrogen) atoms. The molecule has 0 aromatic heterocycles. The van der Waals surface area contributed by atoms with Gasteiger partial charge in [0.05, 0.1) is 24.7 Å². The topological polar surface area (TPSA) is 258 Å². The van der Waals surface area contributed by atoms with Crippen LogP contribution in [0.1, 0.15) is 11.1 Å². The van der Waals surface area contributed by atoms with Crippen LogP contribution in [0.2, 0.25) is 0 Å². The van der Waals surface area contributed by atoms with Gasteiger partial charge in [-0.1, -0.05) is 0 Å². The molecule has 15 heteroatoms. The molecule has 0 amide bonds. The van der Waals surface area contributed by atoms with E-state index in [0.717, 1.165) is 0 Å². The number of ether oxygens (including phenoxy) is 1. The third kappa shape index (κ3) is 15.4. The van der Waals surface area contributed by atoms with Crippen molar-refractivity contribution in [3.63, 3.8) is 0 Å². The summed E-state index contributed by atoms with van der Waals surface area (Å²) in [7, 11) is -7.85. The SMILES string of the molecule is N=C(N)c1ccc(Oc2ccc(C(=N)N)cc2)cc1.O=S(=O)(O)CCO.O=S(=O)(O)CCO. The summed E-state index contributed by atoms with van der Waals surface area (Å²) in [5.74, 6) is 0.205. The molecule has 0 spiro atoms. The number of amidine groups is 2. The molecule has 0 saturated heterocycles. The molecule has 0 aliphatic rings. The summed E-state index contributed by atoms with van der Waals surface area (Å²) in [6.45, 7) is -1.06. The molecular weight excluding hydrogens is 480 g/mol. The molecule has 0 aliphatic heterocycles. The fourth-order valence-electron chi connectivity index (χ4n) is 1.77. The Kier molecular flexibility index (Phi) is 12.8. The van der Waals surface area contributed by atoms with Gasteiger partial charge in [0, 0.05) is 11.1 Å². The van der Waals surface area contributed by atoms with Gasteiger partial charge in [0.2, 0.25) is 0 Å². The average molecular weight is 507 g/mol. The second-order valence-corrected chi connectivity index (χ2v) is 9.14. The molecule has 0 fully saturated rings. The average Bonchev–Trinajstić information content (AvgIpc) is 2.68. The van der Waals surface area contributed by atoms with Gasteiger partial charge in [-0.05, 0) is 48.5 Å². The van der Waals surface area contributed by atoms with Gasteiger partial charge in [0.25, 0.3) is 20.2 Å². The predicted octanol–water partition coefficient (Wildman–Crippen LogP) is -0.220. The quantitative estimate of drug-likeness (QED) is 0.132. The number of hydrogen-bond acceptors (Lipinski definition) is 9. The molecule has 0 heterocycles. The summed E-state index contributed by atoms with van der Waals surface area (Å²) in [5.41, 5.74) is 12.0. The second-order valence-electron chi connectivity index (χ2n) is 6.00. The number of hydrogen-bond donors (Lipinski definition) is 8. The molecule has 2 aromatic carbocycles. The van der Waals surface area contributed by atoms with Gasteiger partial charge in [0.15, 0.2) is 0 Å². The minimum absolute atomic E-state index is 0.0253. The highest BCUT2D eigenvalue weighted by atomic mass is 32.2. The van der Waals surface area contributed by atoms with Gasteiger partial charge in [-0.2, -0.15) is 16.8 Å². The van der Waals surface area contributed by atoms with Crippen LogP contribution in [-0.4, -0.2) is 72.5 Å². The van der Waals surface area contributed by atoms with E-state index in [1.54, 1.807) is 48.5 Å². The highest BCUT2D eigenvalue weighted by molar-refractivity contribution is 7.86. The lowest BCUT2D eigenvalue weighted by Gasteiger charge is -2.07. The molecule has 0 saturated carbocycles. The van der Waals surface area contributed by atoms with E-state index in [4.69, 9.17) is 46.3 Å². The largest absolute Gasteiger partial charge is 0.457 e. The molecule has 0 bridgehead atoms. The molecule has 13 nitrogen and oxygen atoms in total. The van der Waals surface area contributed by atoms with Gasteiger partial charge in [-0.3, -0.25) is 19.9 Å². The van der Waals surface area contributed by atoms with Crippen LogP contribution in [0.5, 0.6) is 11.5 Å². The van der Waals surface area contributed by atoms with E-state index in [2.05, 4.69) is 0 Å². The monoisotopic (exact) mass is 506 g/mol. The first kappa shape index (κ1) is 29.9. The van der Waals surface area contributed by atoms with Crippen molar-refractivity contribution >= 4 is 31.9 Å². The van der Waals surface area contributed by atoms with Gasteiger partial charge < -0.3 is 26.4 Å². The second kappa shape index (κ2) is 14.1. The maximum absolute atomic E-state index is 9.63. The Balaban J connectivity index is 0.000000605. The Labute approximate surface area is 191 Å². The summed E-state index contributed by atoms with van der Waals surface area (Å²) < 4.78 is 59.8. The van der Waals surface area contributed by atoms with Crippen LogP contribution in [-0.2, 0) is 20.2 Å². The fourth-order valence-corrected chi connectivity index (χ4v) is 2.23. The van der Waals surface area contributed by atoms with Crippen molar-refractivity contribution < 1.29 is 40.9 Å². The van der Waals surface area contributed by atoms with Crippen LogP contribution >= 0.6 is 0 Å². The third-order valence-electron chi connectivity index (χ3n) is 3.26. The Morgan fingerprint density at radius 1 is 0.697 bits per heavy atom. The molecule has 2 aromatic rings. The van der Waals surface area contributed by atoms with E-state index in [1.165, 1.54) is 0 Å². The molecule has 184 valence electrons. The van der Waals surface area contributed by atoms with Gasteiger partial charge in [-0.25, -0.2) is 0 Å². The number of nitrogen functional groups attached to an aromatic ring is 2. The standard InChI is InChI=1S/C14H14N4O.2C2H6O4S/c15-13(16)9-1-5-11(6-2-9)19-12-7-3-10(4-8-12)14(17)18;2*3-1-2-7(4,5)6/h1-8H,(H3,15,16)(H3,17,18);2*3H,1-2H2,(H,4,5,6). The number of nitrogens with one attached hydrogen (secondary N) is 2. The minimum atomic E-state index is -3.92. The Morgan fingerprint density at radius 3 is 1.12 bits per heavy atom. The molecule has 0 radical (unpaired) electrons. The van der Waals surface area contributed by atoms with Crippen molar-refractivity contribution in [3.8, 4) is 11.5 Å². The molecule has 2 rings (SSSR count). The number of rotatable bonds is 8. The third-order valence-corrected chi connectivity index (χ3v) is 4.66. The smallest absolute Gasteiger partial charge is 0.267 e. The highest BCUT2D eigenvalue weighted by Crippen LogP contribution is 2.21. The van der Waals surface area contributed by atoms with Crippen molar-refractivity contribution in [2.24, 2.45) is 11.5 Å². The first-order valence-electron chi connectivity index (χ1n) is 8.87. The zero-order valence-electron chi connectivity index (χ0n) is 17.2. The zero-order valence-corrected chi connectivity index (χ0v) is 18.9. The Hall–Kier alpha value is -3.08. The first-order chi connectivity index (χ1) is 15.2. The first-order valence-corrected chi connectivity index (χ1v) is 12.1. The van der Waals surface area contributed by atoms with Crippen LogP contribution in [0.15, 0.2) is 48.5 Å². The summed E-state index contributed by atoms with van der Waals surface area (Å²) in [6.07, 6.45) is 0. The number of aliphatic hydroxyl groups excluding tert-OH is 2. The number of aliphatic hydroxyl groups is 2. The predicted molar refractivity (Wildman–Crippen MR) is 122 cm³/mol. The van der Waals surface area contributed by atoms with Gasteiger partial charge in [0.1, 0.15) is 23.2 Å². The van der Waals surface area contributed by atoms with Crippen LogP contribution in [0.3, 0.4) is 0 Å². The van der Waals surface area contributed by atoms with Crippen molar-refractivity contribution in [1.82, 2.24) is 0 Å². The van der Waals surface area contributed by atoms with Crippen LogP contribution in [0.25, 0.3) is 0 Å². The van der Waals surface area contributed by atoms with E-state index in [1.807, 2.05) is 0 Å². The molecular formula is C18H26N4O9S2. The molecule has 0 atom stereocenters. The van der Waals surface area contributed by atoms with Crippen molar-refractivity contribution in [3.05, 3.63) is 59.7 Å². The molecule has 10 N–H and O–H groups in total. The maximum Gasteiger partial charge on any atom is 0.267 e. The van der Waals surface area contributed by atoms with E-state index in [0.29, 0.717) is 22.6 Å². The molecule has 0 aliphatic carbocycles. The van der Waals surface area contributed by atoms with Gasteiger partial charge >= 0.3 is 0 Å². The molecule has 0 unspecified atom stereocenters. The van der Waals surface area contributed by atoms with Crippen LogP contribution < -0.4 is 16.2 Å². The lowest BCUT2D eigenvalue weighted by atomic mass is 10.2.